The fraction of sp³-hybridized carbons (Fsp3) is 0.273. The number of benzene rings is 2. The molecule has 1 aliphatic rings. The van der Waals surface area contributed by atoms with E-state index in [0.29, 0.717) is 16.8 Å². The maximum absolute atomic E-state index is 13.1. The molecule has 1 aliphatic heterocycles. The minimum absolute atomic E-state index is 0.160. The lowest BCUT2D eigenvalue weighted by molar-refractivity contribution is 0.0516. The monoisotopic (exact) mass is 364 g/mol. The van der Waals surface area contributed by atoms with Crippen LogP contribution in [0.3, 0.4) is 0 Å². The maximum Gasteiger partial charge on any atom is 0.416 e. The van der Waals surface area contributed by atoms with Gasteiger partial charge in [-0.1, -0.05) is 49.0 Å². The Kier molecular flexibility index (Phi) is 4.79. The lowest BCUT2D eigenvalue weighted by Crippen LogP contribution is -2.57. The van der Waals surface area contributed by atoms with Gasteiger partial charge in [0.2, 0.25) is 0 Å². The van der Waals surface area contributed by atoms with E-state index in [0.717, 1.165) is 5.56 Å². The van der Waals surface area contributed by atoms with E-state index in [4.69, 9.17) is 4.74 Å². The molecule has 1 unspecified atom stereocenters. The molecule has 0 N–H and O–H groups in total. The predicted octanol–water partition coefficient (Wildman–Crippen LogP) is 4.55. The first-order valence-corrected chi connectivity index (χ1v) is 8.83. The summed E-state index contributed by atoms with van der Waals surface area (Å²) in [5.74, 6) is -0.160. The molecular formula is C22H24N2O3. The number of carbonyl (C=O) groups excluding carboxylic acids is 2. The van der Waals surface area contributed by atoms with E-state index in [-0.39, 0.29) is 5.91 Å². The fourth-order valence-corrected chi connectivity index (χ4v) is 3.17. The van der Waals surface area contributed by atoms with Crippen LogP contribution in [0, 0.1) is 0 Å². The van der Waals surface area contributed by atoms with E-state index < -0.39 is 17.9 Å². The minimum atomic E-state index is -0.676. The van der Waals surface area contributed by atoms with Gasteiger partial charge in [0.1, 0.15) is 11.8 Å². The Morgan fingerprint density at radius 3 is 2.26 bits per heavy atom. The zero-order chi connectivity index (χ0) is 19.8. The van der Waals surface area contributed by atoms with Gasteiger partial charge in [-0.05, 0) is 44.0 Å². The summed E-state index contributed by atoms with van der Waals surface area (Å²) in [6.45, 7) is 9.64. The van der Waals surface area contributed by atoms with Crippen LogP contribution in [0.1, 0.15) is 36.7 Å². The van der Waals surface area contributed by atoms with E-state index in [2.05, 4.69) is 6.58 Å². The van der Waals surface area contributed by atoms with Gasteiger partial charge < -0.3 is 9.64 Å². The summed E-state index contributed by atoms with van der Waals surface area (Å²) in [7, 11) is 1.68. The molecule has 2 amide bonds. The second kappa shape index (κ2) is 6.91. The molecule has 1 atom stereocenters. The van der Waals surface area contributed by atoms with Crippen molar-refractivity contribution in [1.29, 1.82) is 0 Å². The molecule has 0 bridgehead atoms. The maximum atomic E-state index is 13.1. The molecule has 5 nitrogen and oxygen atoms in total. The Morgan fingerprint density at radius 1 is 1.04 bits per heavy atom. The molecule has 1 heterocycles. The molecule has 5 heteroatoms. The molecule has 3 rings (SSSR count). The van der Waals surface area contributed by atoms with E-state index in [1.807, 2.05) is 51.1 Å². The average molecular weight is 364 g/mol. The van der Waals surface area contributed by atoms with Crippen molar-refractivity contribution >= 4 is 23.3 Å². The van der Waals surface area contributed by atoms with Gasteiger partial charge in [0.25, 0.3) is 5.91 Å². The number of ether oxygens (including phenoxy) is 1. The number of anilines is 1. The zero-order valence-corrected chi connectivity index (χ0v) is 16.1. The van der Waals surface area contributed by atoms with Crippen LogP contribution >= 0.6 is 0 Å². The van der Waals surface area contributed by atoms with E-state index in [1.54, 1.807) is 31.3 Å². The minimum Gasteiger partial charge on any atom is -0.443 e. The number of hydrogen-bond acceptors (Lipinski definition) is 3. The number of amides is 2. The van der Waals surface area contributed by atoms with Crippen molar-refractivity contribution < 1.29 is 14.3 Å². The highest BCUT2D eigenvalue weighted by Crippen LogP contribution is 2.36. The van der Waals surface area contributed by atoms with Crippen molar-refractivity contribution in [2.45, 2.75) is 32.5 Å². The van der Waals surface area contributed by atoms with Crippen LogP contribution in [0.15, 0.2) is 61.2 Å². The number of carbonyl (C=O) groups is 2. The summed E-state index contributed by atoms with van der Waals surface area (Å²) < 4.78 is 5.64. The summed E-state index contributed by atoms with van der Waals surface area (Å²) in [6.07, 6.45) is -1.19. The summed E-state index contributed by atoms with van der Waals surface area (Å²) in [6, 6.07) is 16.6. The summed E-state index contributed by atoms with van der Waals surface area (Å²) in [4.78, 5) is 29.1. The second-order valence-corrected chi connectivity index (χ2v) is 7.55. The Morgan fingerprint density at radius 2 is 1.63 bits per heavy atom. The highest BCUT2D eigenvalue weighted by molar-refractivity contribution is 6.08. The van der Waals surface area contributed by atoms with Gasteiger partial charge in [0, 0.05) is 7.05 Å². The first-order valence-electron chi connectivity index (χ1n) is 8.83. The smallest absolute Gasteiger partial charge is 0.416 e. The number of hydrogen-bond donors (Lipinski definition) is 0. The van der Waals surface area contributed by atoms with Crippen LogP contribution in [-0.4, -0.2) is 35.7 Å². The normalized spacial score (nSPS) is 16.7. The number of likely N-dealkylation sites (N-methyl/N-ethyl adjacent to an activating group) is 1. The lowest BCUT2D eigenvalue weighted by atomic mass is 9.98. The SMILES string of the molecule is C=C(c1ccccc1)C1N(C)C(=O)c2ccccc2N1C(=O)OC(C)(C)C. The Balaban J connectivity index is 2.12. The van der Waals surface area contributed by atoms with E-state index >= 15 is 0 Å². The molecular weight excluding hydrogens is 340 g/mol. The van der Waals surface area contributed by atoms with E-state index in [1.165, 1.54) is 9.80 Å². The van der Waals surface area contributed by atoms with Crippen molar-refractivity contribution in [3.8, 4) is 0 Å². The quantitative estimate of drug-likeness (QED) is 0.785. The van der Waals surface area contributed by atoms with Crippen molar-refractivity contribution in [3.63, 3.8) is 0 Å². The molecule has 0 saturated carbocycles. The number of para-hydroxylation sites is 1. The van der Waals surface area contributed by atoms with Crippen LogP contribution < -0.4 is 4.90 Å². The fourth-order valence-electron chi connectivity index (χ4n) is 3.17. The van der Waals surface area contributed by atoms with Gasteiger partial charge in [-0.3, -0.25) is 9.69 Å². The Labute approximate surface area is 159 Å². The van der Waals surface area contributed by atoms with Crippen LogP contribution in [-0.2, 0) is 4.74 Å². The molecule has 140 valence electrons. The van der Waals surface area contributed by atoms with Gasteiger partial charge in [0.05, 0.1) is 11.3 Å². The van der Waals surface area contributed by atoms with Crippen LogP contribution in [0.4, 0.5) is 10.5 Å². The average Bonchev–Trinajstić information content (AvgIpc) is 2.63. The third-order valence-corrected chi connectivity index (χ3v) is 4.37. The number of fused-ring (bicyclic) bond motifs is 1. The highest BCUT2D eigenvalue weighted by Gasteiger charge is 2.42. The molecule has 0 radical (unpaired) electrons. The zero-order valence-electron chi connectivity index (χ0n) is 16.1. The molecule has 0 fully saturated rings. The van der Waals surface area contributed by atoms with Crippen molar-refractivity contribution in [2.24, 2.45) is 0 Å². The largest absolute Gasteiger partial charge is 0.443 e. The van der Waals surface area contributed by atoms with Crippen molar-refractivity contribution in [3.05, 3.63) is 72.3 Å². The first kappa shape index (κ1) is 18.7. The Bertz CT molecular complexity index is 884. The third-order valence-electron chi connectivity index (χ3n) is 4.37. The lowest BCUT2D eigenvalue weighted by Gasteiger charge is -2.43. The summed E-state index contributed by atoms with van der Waals surface area (Å²) in [5.41, 5.74) is 1.83. The topological polar surface area (TPSA) is 49.9 Å². The van der Waals surface area contributed by atoms with Gasteiger partial charge in [-0.15, -0.1) is 0 Å². The Hall–Kier alpha value is -3.08. The predicted molar refractivity (Wildman–Crippen MR) is 107 cm³/mol. The van der Waals surface area contributed by atoms with Crippen LogP contribution in [0.2, 0.25) is 0 Å². The van der Waals surface area contributed by atoms with Gasteiger partial charge >= 0.3 is 6.09 Å². The molecule has 2 aromatic carbocycles. The molecule has 0 aromatic heterocycles. The summed E-state index contributed by atoms with van der Waals surface area (Å²) >= 11 is 0. The molecule has 0 saturated heterocycles. The van der Waals surface area contributed by atoms with Crippen molar-refractivity contribution in [2.75, 3.05) is 11.9 Å². The summed E-state index contributed by atoms with van der Waals surface area (Å²) in [5, 5.41) is 0. The molecule has 27 heavy (non-hydrogen) atoms. The van der Waals surface area contributed by atoms with Gasteiger partial charge in [-0.2, -0.15) is 0 Å². The van der Waals surface area contributed by atoms with Crippen LogP contribution in [0.5, 0.6) is 0 Å². The van der Waals surface area contributed by atoms with Crippen molar-refractivity contribution in [1.82, 2.24) is 4.90 Å². The molecule has 2 aromatic rings. The standard InChI is InChI=1S/C22H24N2O3/c1-15(16-11-7-6-8-12-16)19-23(5)20(25)17-13-9-10-14-18(17)24(19)21(26)27-22(2,3)4/h6-14,19H,1H2,2-5H3. The highest BCUT2D eigenvalue weighted by atomic mass is 16.6. The number of rotatable bonds is 2. The number of nitrogens with zero attached hydrogens (tertiary/aromatic N) is 2. The van der Waals surface area contributed by atoms with Crippen LogP contribution in [0.25, 0.3) is 5.57 Å². The van der Waals surface area contributed by atoms with Gasteiger partial charge in [-0.25, -0.2) is 4.79 Å². The van der Waals surface area contributed by atoms with Gasteiger partial charge in [0.15, 0.2) is 0 Å². The third kappa shape index (κ3) is 3.58. The van der Waals surface area contributed by atoms with E-state index in [9.17, 15) is 9.59 Å². The first-order chi connectivity index (χ1) is 12.7. The second-order valence-electron chi connectivity index (χ2n) is 7.55. The molecule has 0 spiro atoms. The molecule has 0 aliphatic carbocycles.